The van der Waals surface area contributed by atoms with Crippen LogP contribution in [0.2, 0.25) is 5.02 Å². The molecule has 11 heteroatoms. The van der Waals surface area contributed by atoms with Gasteiger partial charge in [0.15, 0.2) is 27.3 Å². The predicted octanol–water partition coefficient (Wildman–Crippen LogP) is 4.08. The largest absolute Gasteiger partial charge is 0.390 e. The Bertz CT molecular complexity index is 1220. The molecule has 4 rings (SSSR count). The number of carbonyl (C=O) groups is 1. The lowest BCUT2D eigenvalue weighted by atomic mass is 9.74. The summed E-state index contributed by atoms with van der Waals surface area (Å²) in [7, 11) is -4.03. The molecule has 2 aromatic rings. The first kappa shape index (κ1) is 25.0. The summed E-state index contributed by atoms with van der Waals surface area (Å²) in [5.74, 6) is -6.29. The van der Waals surface area contributed by atoms with E-state index >= 15 is 0 Å². The molecule has 184 valence electrons. The first-order valence-electron chi connectivity index (χ1n) is 10.7. The molecule has 2 bridgehead atoms. The van der Waals surface area contributed by atoms with Gasteiger partial charge in [0.2, 0.25) is 0 Å². The molecule has 2 aromatic carbocycles. The summed E-state index contributed by atoms with van der Waals surface area (Å²) in [6, 6.07) is 4.80. The fraction of sp³-hybridized carbons (Fsp3) is 0.435. The van der Waals surface area contributed by atoms with E-state index in [1.807, 2.05) is 0 Å². The van der Waals surface area contributed by atoms with E-state index in [1.54, 1.807) is 0 Å². The lowest BCUT2D eigenvalue weighted by Gasteiger charge is -2.42. The van der Waals surface area contributed by atoms with Crippen LogP contribution in [0.4, 0.5) is 18.9 Å². The Labute approximate surface area is 199 Å². The number of anilines is 1. The SMILES string of the molecule is CC(O)[C@]1(O)CC2CC[C@@H](C1)C2S(=O)(=O)c1cc(C(=O)Nc2cc(F)c(F)c(F)c2)ccc1Cl. The van der Waals surface area contributed by atoms with Crippen molar-refractivity contribution < 1.29 is 36.6 Å². The maximum atomic E-state index is 13.6. The second kappa shape index (κ2) is 8.82. The second-order valence-corrected chi connectivity index (χ2v) is 11.6. The first-order chi connectivity index (χ1) is 15.8. The third kappa shape index (κ3) is 4.32. The Morgan fingerprint density at radius 1 is 1.12 bits per heavy atom. The molecule has 0 spiro atoms. The minimum absolute atomic E-state index is 0.0915. The summed E-state index contributed by atoms with van der Waals surface area (Å²) in [6.07, 6.45) is 0.400. The lowest BCUT2D eigenvalue weighted by Crippen LogP contribution is -2.51. The lowest BCUT2D eigenvalue weighted by molar-refractivity contribution is -0.103. The summed E-state index contributed by atoms with van der Waals surface area (Å²) in [5, 5.41) is 22.0. The molecule has 3 N–H and O–H groups in total. The van der Waals surface area contributed by atoms with Crippen LogP contribution in [0.3, 0.4) is 0 Å². The number of nitrogens with one attached hydrogen (secondary N) is 1. The van der Waals surface area contributed by atoms with Gasteiger partial charge in [0, 0.05) is 23.4 Å². The van der Waals surface area contributed by atoms with Crippen molar-refractivity contribution in [1.82, 2.24) is 0 Å². The highest BCUT2D eigenvalue weighted by Gasteiger charge is 2.55. The van der Waals surface area contributed by atoms with E-state index in [9.17, 15) is 36.6 Å². The van der Waals surface area contributed by atoms with Gasteiger partial charge in [-0.05, 0) is 62.6 Å². The Morgan fingerprint density at radius 2 is 1.68 bits per heavy atom. The molecule has 2 aliphatic rings. The highest BCUT2D eigenvalue weighted by atomic mass is 35.5. The number of aliphatic hydroxyl groups is 2. The molecule has 2 saturated carbocycles. The maximum absolute atomic E-state index is 13.6. The fourth-order valence-corrected chi connectivity index (χ4v) is 8.10. The van der Waals surface area contributed by atoms with E-state index in [4.69, 9.17) is 11.6 Å². The molecule has 2 aliphatic carbocycles. The molecular formula is C23H23ClF3NO5S. The van der Waals surface area contributed by atoms with Gasteiger partial charge in [-0.1, -0.05) is 11.6 Å². The third-order valence-electron chi connectivity index (χ3n) is 6.95. The molecule has 0 saturated heterocycles. The number of carbonyl (C=O) groups excluding carboxylic acids is 1. The summed E-state index contributed by atoms with van der Waals surface area (Å²) >= 11 is 6.21. The number of aliphatic hydroxyl groups excluding tert-OH is 1. The third-order valence-corrected chi connectivity index (χ3v) is 9.83. The average molecular weight is 518 g/mol. The van der Waals surface area contributed by atoms with Crippen molar-refractivity contribution in [3.8, 4) is 0 Å². The average Bonchev–Trinajstić information content (AvgIpc) is 3.05. The van der Waals surface area contributed by atoms with E-state index in [0.29, 0.717) is 25.0 Å². The molecular weight excluding hydrogens is 495 g/mol. The maximum Gasteiger partial charge on any atom is 0.255 e. The van der Waals surface area contributed by atoms with Gasteiger partial charge < -0.3 is 15.5 Å². The second-order valence-electron chi connectivity index (χ2n) is 9.15. The molecule has 2 fully saturated rings. The van der Waals surface area contributed by atoms with Crippen molar-refractivity contribution in [3.05, 3.63) is 58.4 Å². The zero-order valence-corrected chi connectivity index (χ0v) is 19.6. The zero-order chi connectivity index (χ0) is 25.0. The van der Waals surface area contributed by atoms with Crippen LogP contribution in [0.5, 0.6) is 0 Å². The Balaban J connectivity index is 1.63. The zero-order valence-electron chi connectivity index (χ0n) is 18.1. The normalized spacial score (nSPS) is 27.4. The molecule has 0 heterocycles. The van der Waals surface area contributed by atoms with E-state index in [1.165, 1.54) is 19.1 Å². The number of sulfone groups is 1. The predicted molar refractivity (Wildman–Crippen MR) is 119 cm³/mol. The molecule has 0 aliphatic heterocycles. The number of amides is 1. The van der Waals surface area contributed by atoms with Crippen molar-refractivity contribution in [1.29, 1.82) is 0 Å². The van der Waals surface area contributed by atoms with Crippen molar-refractivity contribution in [2.75, 3.05) is 5.32 Å². The van der Waals surface area contributed by atoms with Crippen molar-refractivity contribution in [2.45, 2.75) is 54.5 Å². The minimum Gasteiger partial charge on any atom is -0.390 e. The van der Waals surface area contributed by atoms with Crippen LogP contribution < -0.4 is 5.32 Å². The summed E-state index contributed by atoms with van der Waals surface area (Å²) in [4.78, 5) is 12.4. The van der Waals surface area contributed by atoms with Crippen LogP contribution in [-0.4, -0.2) is 41.5 Å². The first-order valence-corrected chi connectivity index (χ1v) is 12.7. The number of benzene rings is 2. The summed E-state index contributed by atoms with van der Waals surface area (Å²) in [5.41, 5.74) is -1.83. The Hall–Kier alpha value is -2.14. The highest BCUT2D eigenvalue weighted by Crippen LogP contribution is 2.52. The fourth-order valence-electron chi connectivity index (χ4n) is 5.26. The smallest absolute Gasteiger partial charge is 0.255 e. The van der Waals surface area contributed by atoms with Crippen molar-refractivity contribution in [3.63, 3.8) is 0 Å². The van der Waals surface area contributed by atoms with Gasteiger partial charge in [0.25, 0.3) is 5.91 Å². The monoisotopic (exact) mass is 517 g/mol. The van der Waals surface area contributed by atoms with Gasteiger partial charge in [-0.2, -0.15) is 0 Å². The summed E-state index contributed by atoms with van der Waals surface area (Å²) in [6.45, 7) is 1.48. The molecule has 0 radical (unpaired) electrons. The molecule has 5 atom stereocenters. The Morgan fingerprint density at radius 3 is 2.21 bits per heavy atom. The highest BCUT2D eigenvalue weighted by molar-refractivity contribution is 7.92. The molecule has 34 heavy (non-hydrogen) atoms. The van der Waals surface area contributed by atoms with Gasteiger partial charge in [0.05, 0.1) is 26.9 Å². The van der Waals surface area contributed by atoms with E-state index in [2.05, 4.69) is 5.32 Å². The molecule has 0 aromatic heterocycles. The topological polar surface area (TPSA) is 104 Å². The van der Waals surface area contributed by atoms with E-state index < -0.39 is 50.2 Å². The Kier molecular flexibility index (Phi) is 6.48. The van der Waals surface area contributed by atoms with Gasteiger partial charge in [0.1, 0.15) is 0 Å². The van der Waals surface area contributed by atoms with Gasteiger partial charge in [-0.25, -0.2) is 21.6 Å². The van der Waals surface area contributed by atoms with Crippen LogP contribution in [0.25, 0.3) is 0 Å². The standard InChI is InChI=1S/C23H23ClF3NO5S/c1-11(29)23(31)9-13-2-3-14(10-23)21(13)34(32,33)19-6-12(4-5-16(19)24)22(30)28-15-7-17(25)20(27)18(26)8-15/h4-8,11,13-14,21,29,31H,2-3,9-10H2,1H3,(H,28,30)/t11?,13-,14?,21?,23+/m0/s1. The number of rotatable bonds is 5. The quantitative estimate of drug-likeness (QED) is 0.518. The van der Waals surface area contributed by atoms with Crippen LogP contribution >= 0.6 is 11.6 Å². The van der Waals surface area contributed by atoms with Gasteiger partial charge in [-0.15, -0.1) is 0 Å². The number of halogens is 4. The molecule has 1 amide bonds. The van der Waals surface area contributed by atoms with Gasteiger partial charge in [-0.3, -0.25) is 4.79 Å². The number of hydrogen-bond acceptors (Lipinski definition) is 5. The van der Waals surface area contributed by atoms with Crippen molar-refractivity contribution >= 4 is 33.0 Å². The number of fused-ring (bicyclic) bond motifs is 2. The summed E-state index contributed by atoms with van der Waals surface area (Å²) < 4.78 is 67.3. The van der Waals surface area contributed by atoms with Crippen LogP contribution in [0, 0.1) is 29.3 Å². The van der Waals surface area contributed by atoms with Crippen LogP contribution in [-0.2, 0) is 9.84 Å². The van der Waals surface area contributed by atoms with E-state index in [-0.39, 0.29) is 45.8 Å². The minimum atomic E-state index is -4.03. The van der Waals surface area contributed by atoms with Crippen LogP contribution in [0.1, 0.15) is 43.0 Å². The van der Waals surface area contributed by atoms with Crippen LogP contribution in [0.15, 0.2) is 35.2 Å². The van der Waals surface area contributed by atoms with Crippen molar-refractivity contribution in [2.24, 2.45) is 11.8 Å². The molecule has 3 unspecified atom stereocenters. The van der Waals surface area contributed by atoms with E-state index in [0.717, 1.165) is 6.07 Å². The van der Waals surface area contributed by atoms with Gasteiger partial charge >= 0.3 is 0 Å². The number of hydrogen-bond donors (Lipinski definition) is 3. The molecule has 6 nitrogen and oxygen atoms in total.